The van der Waals surface area contributed by atoms with E-state index >= 15 is 0 Å². The van der Waals surface area contributed by atoms with E-state index in [9.17, 15) is 8.42 Å². The first kappa shape index (κ1) is 7.79. The first-order valence-corrected chi connectivity index (χ1v) is 5.29. The average molecular weight is 160 g/mol. The lowest BCUT2D eigenvalue weighted by Crippen LogP contribution is -2.23. The summed E-state index contributed by atoms with van der Waals surface area (Å²) < 4.78 is 21.9. The maximum Gasteiger partial charge on any atom is 0.150 e. The maximum absolute atomic E-state index is 11.0. The summed E-state index contributed by atoms with van der Waals surface area (Å²) in [5.74, 6) is 0.896. The van der Waals surface area contributed by atoms with Crippen LogP contribution in [-0.4, -0.2) is 19.9 Å². The molecule has 0 saturated carbocycles. The topological polar surface area (TPSA) is 34.1 Å². The number of rotatable bonds is 1. The Morgan fingerprint density at radius 2 is 2.20 bits per heavy atom. The van der Waals surface area contributed by atoms with Gasteiger partial charge < -0.3 is 0 Å². The molecule has 1 atom stereocenters. The molecule has 0 radical (unpaired) electrons. The zero-order valence-corrected chi connectivity index (χ0v) is 6.73. The summed E-state index contributed by atoms with van der Waals surface area (Å²) in [5.41, 5.74) is 0. The molecule has 58 valence electrons. The van der Waals surface area contributed by atoms with Crippen LogP contribution in [0.3, 0.4) is 0 Å². The number of hydrogen-bond acceptors (Lipinski definition) is 2. The van der Waals surface area contributed by atoms with Gasteiger partial charge in [0.25, 0.3) is 0 Å². The Morgan fingerprint density at radius 3 is 2.60 bits per heavy atom. The van der Waals surface area contributed by atoms with E-state index in [2.05, 4.69) is 6.58 Å². The number of sulfone groups is 1. The Kier molecular flexibility index (Phi) is 2.14. The second kappa shape index (κ2) is 2.74. The fourth-order valence-corrected chi connectivity index (χ4v) is 2.97. The monoisotopic (exact) mass is 160 g/mol. The summed E-state index contributed by atoms with van der Waals surface area (Å²) in [6.45, 7) is 3.59. The smallest absolute Gasteiger partial charge is 0.150 e. The third-order valence-corrected chi connectivity index (χ3v) is 3.68. The van der Waals surface area contributed by atoms with Gasteiger partial charge in [0.05, 0.1) is 11.5 Å². The molecule has 2 nitrogen and oxygen atoms in total. The molecule has 1 rings (SSSR count). The van der Waals surface area contributed by atoms with Crippen LogP contribution in [0.5, 0.6) is 0 Å². The summed E-state index contributed by atoms with van der Waals surface area (Å²) in [4.78, 5) is 0. The molecule has 0 aliphatic carbocycles. The lowest BCUT2D eigenvalue weighted by molar-refractivity contribution is 0.543. The SMILES string of the molecule is C=CC1CCCS(=O)(=O)C1. The van der Waals surface area contributed by atoms with Crippen LogP contribution in [0.1, 0.15) is 12.8 Å². The summed E-state index contributed by atoms with van der Waals surface area (Å²) in [6.07, 6.45) is 3.54. The van der Waals surface area contributed by atoms with Gasteiger partial charge in [-0.1, -0.05) is 6.08 Å². The van der Waals surface area contributed by atoms with Crippen LogP contribution in [0.15, 0.2) is 12.7 Å². The normalized spacial score (nSPS) is 31.4. The molecule has 1 heterocycles. The van der Waals surface area contributed by atoms with Crippen molar-refractivity contribution in [1.29, 1.82) is 0 Å². The molecule has 0 spiro atoms. The van der Waals surface area contributed by atoms with Gasteiger partial charge in [0.15, 0.2) is 9.84 Å². The molecule has 0 amide bonds. The van der Waals surface area contributed by atoms with E-state index < -0.39 is 9.84 Å². The van der Waals surface area contributed by atoms with Crippen molar-refractivity contribution < 1.29 is 8.42 Å². The van der Waals surface area contributed by atoms with Gasteiger partial charge in [-0.15, -0.1) is 6.58 Å². The van der Waals surface area contributed by atoms with Gasteiger partial charge >= 0.3 is 0 Å². The highest BCUT2D eigenvalue weighted by Crippen LogP contribution is 2.18. The van der Waals surface area contributed by atoms with Gasteiger partial charge in [0.2, 0.25) is 0 Å². The number of allylic oxidation sites excluding steroid dienone is 1. The maximum atomic E-state index is 11.0. The van der Waals surface area contributed by atoms with Crippen molar-refractivity contribution in [1.82, 2.24) is 0 Å². The summed E-state index contributed by atoms with van der Waals surface area (Å²) in [6, 6.07) is 0. The molecule has 1 unspecified atom stereocenters. The van der Waals surface area contributed by atoms with Gasteiger partial charge in [0.1, 0.15) is 0 Å². The van der Waals surface area contributed by atoms with Crippen molar-refractivity contribution in [2.45, 2.75) is 12.8 Å². The lowest BCUT2D eigenvalue weighted by atomic mass is 10.1. The van der Waals surface area contributed by atoms with Crippen molar-refractivity contribution in [3.63, 3.8) is 0 Å². The van der Waals surface area contributed by atoms with Crippen LogP contribution in [0, 0.1) is 5.92 Å². The lowest BCUT2D eigenvalue weighted by Gasteiger charge is -2.17. The quantitative estimate of drug-likeness (QED) is 0.536. The van der Waals surface area contributed by atoms with Crippen molar-refractivity contribution in [2.24, 2.45) is 5.92 Å². The Morgan fingerprint density at radius 1 is 1.50 bits per heavy atom. The largest absolute Gasteiger partial charge is 0.229 e. The minimum absolute atomic E-state index is 0.207. The van der Waals surface area contributed by atoms with Crippen LogP contribution in [0.2, 0.25) is 0 Å². The second-order valence-corrected chi connectivity index (χ2v) is 4.98. The Balaban J connectivity index is 2.65. The fourth-order valence-electron chi connectivity index (χ4n) is 1.24. The van der Waals surface area contributed by atoms with Gasteiger partial charge in [0, 0.05) is 0 Å². The standard InChI is InChI=1S/C7H12O2S/c1-2-7-4-3-5-10(8,9)6-7/h2,7H,1,3-6H2. The molecule has 0 aromatic rings. The summed E-state index contributed by atoms with van der Waals surface area (Å²) >= 11 is 0. The van der Waals surface area contributed by atoms with Gasteiger partial charge in [-0.3, -0.25) is 0 Å². The molecule has 1 saturated heterocycles. The van der Waals surface area contributed by atoms with Crippen molar-refractivity contribution in [3.8, 4) is 0 Å². The highest BCUT2D eigenvalue weighted by atomic mass is 32.2. The summed E-state index contributed by atoms with van der Waals surface area (Å²) in [5, 5.41) is 0. The van der Waals surface area contributed by atoms with Crippen LogP contribution in [0.25, 0.3) is 0 Å². The van der Waals surface area contributed by atoms with E-state index in [1.165, 1.54) is 0 Å². The molecular formula is C7H12O2S. The van der Waals surface area contributed by atoms with E-state index in [1.54, 1.807) is 6.08 Å². The molecule has 10 heavy (non-hydrogen) atoms. The van der Waals surface area contributed by atoms with Crippen LogP contribution < -0.4 is 0 Å². The Labute approximate surface area is 61.9 Å². The summed E-state index contributed by atoms with van der Waals surface area (Å²) in [7, 11) is -2.72. The molecular weight excluding hydrogens is 148 g/mol. The Hall–Kier alpha value is -0.310. The molecule has 1 aliphatic rings. The predicted octanol–water partition coefficient (Wildman–Crippen LogP) is 0.997. The van der Waals surface area contributed by atoms with Crippen LogP contribution in [0.4, 0.5) is 0 Å². The molecule has 0 bridgehead atoms. The molecule has 0 N–H and O–H groups in total. The highest BCUT2D eigenvalue weighted by Gasteiger charge is 2.21. The highest BCUT2D eigenvalue weighted by molar-refractivity contribution is 7.91. The second-order valence-electron chi connectivity index (χ2n) is 2.75. The fraction of sp³-hybridized carbons (Fsp3) is 0.714. The molecule has 1 fully saturated rings. The third-order valence-electron chi connectivity index (χ3n) is 1.83. The van der Waals surface area contributed by atoms with E-state index in [1.807, 2.05) is 0 Å². The minimum Gasteiger partial charge on any atom is -0.229 e. The van der Waals surface area contributed by atoms with Crippen molar-refractivity contribution in [3.05, 3.63) is 12.7 Å². The van der Waals surface area contributed by atoms with Crippen molar-refractivity contribution >= 4 is 9.84 Å². The first-order valence-electron chi connectivity index (χ1n) is 3.47. The number of hydrogen-bond donors (Lipinski definition) is 0. The molecule has 3 heteroatoms. The van der Waals surface area contributed by atoms with Crippen molar-refractivity contribution in [2.75, 3.05) is 11.5 Å². The van der Waals surface area contributed by atoms with Gasteiger partial charge in [-0.05, 0) is 18.8 Å². The Bertz CT molecular complexity index is 216. The predicted molar refractivity (Wildman–Crippen MR) is 41.6 cm³/mol. The average Bonchev–Trinajstić information content (AvgIpc) is 1.86. The zero-order valence-electron chi connectivity index (χ0n) is 5.91. The molecule has 0 aromatic heterocycles. The van der Waals surface area contributed by atoms with E-state index in [4.69, 9.17) is 0 Å². The third kappa shape index (κ3) is 1.84. The minimum atomic E-state index is -2.72. The van der Waals surface area contributed by atoms with Gasteiger partial charge in [-0.2, -0.15) is 0 Å². The van der Waals surface area contributed by atoms with Crippen LogP contribution >= 0.6 is 0 Å². The zero-order chi connectivity index (χ0) is 7.61. The van der Waals surface area contributed by atoms with E-state index in [-0.39, 0.29) is 5.92 Å². The van der Waals surface area contributed by atoms with Gasteiger partial charge in [-0.25, -0.2) is 8.42 Å². The molecule has 0 aromatic carbocycles. The van der Waals surface area contributed by atoms with Crippen LogP contribution in [-0.2, 0) is 9.84 Å². The van der Waals surface area contributed by atoms with E-state index in [0.717, 1.165) is 12.8 Å². The first-order chi connectivity index (χ1) is 4.64. The van der Waals surface area contributed by atoms with E-state index in [0.29, 0.717) is 11.5 Å². The molecule has 1 aliphatic heterocycles.